The van der Waals surface area contributed by atoms with Gasteiger partial charge in [0.1, 0.15) is 12.2 Å². The Labute approximate surface area is 59.9 Å². The fraction of sp³-hybridized carbons (Fsp3) is 0.714. The largest absolute Gasteiger partial charge is 0.394 e. The van der Waals surface area contributed by atoms with Crippen LogP contribution < -0.4 is 0 Å². The number of ether oxygens (including phenoxy) is 1. The summed E-state index contributed by atoms with van der Waals surface area (Å²) in [7, 11) is 0. The number of hydrogen-bond acceptors (Lipinski definition) is 3. The molecule has 58 valence electrons. The van der Waals surface area contributed by atoms with E-state index in [2.05, 4.69) is 0 Å². The van der Waals surface area contributed by atoms with Gasteiger partial charge in [0.15, 0.2) is 0 Å². The van der Waals surface area contributed by atoms with Crippen LogP contribution >= 0.6 is 0 Å². The molecule has 3 atom stereocenters. The molecule has 0 spiro atoms. The van der Waals surface area contributed by atoms with E-state index >= 15 is 0 Å². The van der Waals surface area contributed by atoms with E-state index in [4.69, 9.17) is 14.9 Å². The molecule has 10 heavy (non-hydrogen) atoms. The molecule has 2 N–H and O–H groups in total. The molecule has 0 radical (unpaired) electrons. The molecule has 3 heteroatoms. The fourth-order valence-corrected chi connectivity index (χ4v) is 0.947. The molecule has 0 saturated carbocycles. The minimum absolute atomic E-state index is 0.000509. The maximum atomic E-state index is 9.11. The molecule has 3 nitrogen and oxygen atoms in total. The van der Waals surface area contributed by atoms with E-state index in [-0.39, 0.29) is 12.7 Å². The normalized spacial score (nSPS) is 40.1. The summed E-state index contributed by atoms with van der Waals surface area (Å²) in [5, 5.41) is 17.8. The van der Waals surface area contributed by atoms with Crippen LogP contribution in [0.1, 0.15) is 6.92 Å². The molecule has 1 heterocycles. The summed E-state index contributed by atoms with van der Waals surface area (Å²) in [6, 6.07) is 0. The standard InChI is InChI=1S/C7H12O3/c1-5-2-3-6(9)7(4-8)10-5/h2-3,5-9H,4H2,1H3/t5-,6+,7-/m1/s1. The van der Waals surface area contributed by atoms with Crippen LogP contribution in [0.3, 0.4) is 0 Å². The Morgan fingerprint density at radius 1 is 1.50 bits per heavy atom. The van der Waals surface area contributed by atoms with E-state index in [1.807, 2.05) is 6.92 Å². The Balaban J connectivity index is 2.53. The highest BCUT2D eigenvalue weighted by Crippen LogP contribution is 2.11. The number of aliphatic hydroxyl groups excluding tert-OH is 2. The molecule has 0 saturated heterocycles. The maximum absolute atomic E-state index is 9.11. The van der Waals surface area contributed by atoms with Crippen LogP contribution in [0.15, 0.2) is 12.2 Å². The Hall–Kier alpha value is -0.380. The van der Waals surface area contributed by atoms with Crippen molar-refractivity contribution in [3.63, 3.8) is 0 Å². The third-order valence-electron chi connectivity index (χ3n) is 1.53. The van der Waals surface area contributed by atoms with Gasteiger partial charge in [0.2, 0.25) is 0 Å². The summed E-state index contributed by atoms with van der Waals surface area (Å²) in [5.41, 5.74) is 0. The second kappa shape index (κ2) is 3.14. The summed E-state index contributed by atoms with van der Waals surface area (Å²) >= 11 is 0. The average Bonchev–Trinajstić information content (AvgIpc) is 1.94. The lowest BCUT2D eigenvalue weighted by atomic mass is 10.1. The zero-order chi connectivity index (χ0) is 7.56. The van der Waals surface area contributed by atoms with Crippen molar-refractivity contribution in [3.05, 3.63) is 12.2 Å². The molecule has 0 bridgehead atoms. The molecular formula is C7H12O3. The lowest BCUT2D eigenvalue weighted by Gasteiger charge is -2.25. The highest BCUT2D eigenvalue weighted by molar-refractivity contribution is 5.00. The van der Waals surface area contributed by atoms with Gasteiger partial charge in [-0.2, -0.15) is 0 Å². The maximum Gasteiger partial charge on any atom is 0.111 e. The van der Waals surface area contributed by atoms with E-state index < -0.39 is 12.2 Å². The predicted molar refractivity (Wildman–Crippen MR) is 36.6 cm³/mol. The first kappa shape index (κ1) is 7.72. The van der Waals surface area contributed by atoms with Gasteiger partial charge in [-0.1, -0.05) is 12.2 Å². The quantitative estimate of drug-likeness (QED) is 0.496. The van der Waals surface area contributed by atoms with Crippen molar-refractivity contribution in [2.24, 2.45) is 0 Å². The first-order valence-corrected chi connectivity index (χ1v) is 3.36. The van der Waals surface area contributed by atoms with Gasteiger partial charge in [-0.25, -0.2) is 0 Å². The lowest BCUT2D eigenvalue weighted by Crippen LogP contribution is -2.36. The lowest BCUT2D eigenvalue weighted by molar-refractivity contribution is -0.0735. The van der Waals surface area contributed by atoms with Gasteiger partial charge in [-0.15, -0.1) is 0 Å². The van der Waals surface area contributed by atoms with Gasteiger partial charge >= 0.3 is 0 Å². The SMILES string of the molecule is C[C@@H]1C=C[C@H](O)[C@@H](CO)O1. The third-order valence-corrected chi connectivity index (χ3v) is 1.53. The number of rotatable bonds is 1. The molecule has 0 aromatic carbocycles. The molecule has 0 aromatic rings. The number of aliphatic hydroxyl groups is 2. The van der Waals surface area contributed by atoms with Crippen molar-refractivity contribution in [2.45, 2.75) is 25.2 Å². The zero-order valence-electron chi connectivity index (χ0n) is 5.90. The van der Waals surface area contributed by atoms with Gasteiger partial charge in [0.05, 0.1) is 12.7 Å². The summed E-state index contributed by atoms with van der Waals surface area (Å²) in [4.78, 5) is 0. The molecule has 0 fully saturated rings. The summed E-state index contributed by atoms with van der Waals surface area (Å²) in [5.74, 6) is 0. The van der Waals surface area contributed by atoms with Crippen LogP contribution in [0.2, 0.25) is 0 Å². The second-order valence-electron chi connectivity index (χ2n) is 2.44. The molecule has 0 aromatic heterocycles. The van der Waals surface area contributed by atoms with Gasteiger partial charge in [0, 0.05) is 0 Å². The van der Waals surface area contributed by atoms with Crippen molar-refractivity contribution in [3.8, 4) is 0 Å². The Bertz CT molecular complexity index is 133. The Morgan fingerprint density at radius 2 is 2.20 bits per heavy atom. The van der Waals surface area contributed by atoms with Gasteiger partial charge < -0.3 is 14.9 Å². The van der Waals surface area contributed by atoms with Crippen LogP contribution in [0.4, 0.5) is 0 Å². The van der Waals surface area contributed by atoms with E-state index in [1.54, 1.807) is 12.2 Å². The minimum Gasteiger partial charge on any atom is -0.394 e. The Kier molecular flexibility index (Phi) is 2.43. The van der Waals surface area contributed by atoms with E-state index in [1.165, 1.54) is 0 Å². The van der Waals surface area contributed by atoms with E-state index in [0.29, 0.717) is 0 Å². The minimum atomic E-state index is -0.652. The first-order valence-electron chi connectivity index (χ1n) is 3.36. The second-order valence-corrected chi connectivity index (χ2v) is 2.44. The van der Waals surface area contributed by atoms with Crippen molar-refractivity contribution in [1.29, 1.82) is 0 Å². The van der Waals surface area contributed by atoms with Gasteiger partial charge in [-0.05, 0) is 6.92 Å². The van der Waals surface area contributed by atoms with E-state index in [0.717, 1.165) is 0 Å². The van der Waals surface area contributed by atoms with Crippen LogP contribution in [0.25, 0.3) is 0 Å². The first-order chi connectivity index (χ1) is 4.74. The number of hydrogen-bond donors (Lipinski definition) is 2. The highest BCUT2D eigenvalue weighted by atomic mass is 16.5. The van der Waals surface area contributed by atoms with Crippen LogP contribution in [-0.4, -0.2) is 35.1 Å². The smallest absolute Gasteiger partial charge is 0.111 e. The topological polar surface area (TPSA) is 49.7 Å². The predicted octanol–water partition coefficient (Wildman–Crippen LogP) is -0.317. The summed E-state index contributed by atoms with van der Waals surface area (Å²) in [6.45, 7) is 1.74. The summed E-state index contributed by atoms with van der Waals surface area (Å²) < 4.78 is 5.16. The molecule has 1 rings (SSSR count). The molecule has 0 amide bonds. The molecule has 1 aliphatic rings. The van der Waals surface area contributed by atoms with Gasteiger partial charge in [-0.3, -0.25) is 0 Å². The molecule has 1 aliphatic heterocycles. The van der Waals surface area contributed by atoms with Crippen molar-refractivity contribution < 1.29 is 14.9 Å². The molecule has 0 aliphatic carbocycles. The third kappa shape index (κ3) is 1.56. The van der Waals surface area contributed by atoms with Crippen LogP contribution in [0, 0.1) is 0 Å². The molecular weight excluding hydrogens is 132 g/mol. The fourth-order valence-electron chi connectivity index (χ4n) is 0.947. The summed E-state index contributed by atoms with van der Waals surface area (Å²) in [6.07, 6.45) is 2.33. The van der Waals surface area contributed by atoms with Crippen molar-refractivity contribution in [1.82, 2.24) is 0 Å². The average molecular weight is 144 g/mol. The molecule has 0 unspecified atom stereocenters. The zero-order valence-corrected chi connectivity index (χ0v) is 5.90. The van der Waals surface area contributed by atoms with E-state index in [9.17, 15) is 0 Å². The monoisotopic (exact) mass is 144 g/mol. The van der Waals surface area contributed by atoms with Crippen LogP contribution in [0.5, 0.6) is 0 Å². The van der Waals surface area contributed by atoms with Crippen molar-refractivity contribution in [2.75, 3.05) is 6.61 Å². The van der Waals surface area contributed by atoms with Crippen LogP contribution in [-0.2, 0) is 4.74 Å². The van der Waals surface area contributed by atoms with Gasteiger partial charge in [0.25, 0.3) is 0 Å². The Morgan fingerprint density at radius 3 is 2.70 bits per heavy atom. The highest BCUT2D eigenvalue weighted by Gasteiger charge is 2.21. The van der Waals surface area contributed by atoms with Crippen molar-refractivity contribution >= 4 is 0 Å².